The third-order valence-electron chi connectivity index (χ3n) is 2.20. The lowest BCUT2D eigenvalue weighted by Crippen LogP contribution is -2.43. The molecule has 1 aromatic rings. The molecule has 0 aromatic heterocycles. The highest BCUT2D eigenvalue weighted by molar-refractivity contribution is 9.10. The van der Waals surface area contributed by atoms with Gasteiger partial charge in [-0.1, -0.05) is 17.7 Å². The molecule has 0 aliphatic carbocycles. The molecule has 102 valence electrons. The highest BCUT2D eigenvalue weighted by atomic mass is 79.9. The maximum atomic E-state index is 11.9. The lowest BCUT2D eigenvalue weighted by Gasteiger charge is -2.13. The molecule has 0 heterocycles. The molecular weight excluding hydrogens is 339 g/mol. The van der Waals surface area contributed by atoms with Crippen molar-refractivity contribution in [3.8, 4) is 0 Å². The number of aliphatic carboxylic acids is 1. The van der Waals surface area contributed by atoms with Crippen LogP contribution in [0.25, 0.3) is 0 Å². The number of amides is 2. The van der Waals surface area contributed by atoms with Crippen molar-refractivity contribution in [2.45, 2.75) is 12.5 Å². The van der Waals surface area contributed by atoms with Crippen LogP contribution in [-0.2, 0) is 9.59 Å². The van der Waals surface area contributed by atoms with E-state index in [0.29, 0.717) is 4.47 Å². The maximum Gasteiger partial charge on any atom is 0.326 e. The molecule has 4 N–H and O–H groups in total. The van der Waals surface area contributed by atoms with E-state index in [1.54, 1.807) is 12.1 Å². The van der Waals surface area contributed by atoms with Gasteiger partial charge in [-0.2, -0.15) is 0 Å². The fourth-order valence-electron chi connectivity index (χ4n) is 1.32. The van der Waals surface area contributed by atoms with E-state index in [4.69, 9.17) is 22.4 Å². The van der Waals surface area contributed by atoms with Crippen molar-refractivity contribution in [3.63, 3.8) is 0 Å². The predicted octanol–water partition coefficient (Wildman–Crippen LogP) is 1.16. The molecule has 2 amide bonds. The lowest BCUT2D eigenvalue weighted by molar-refractivity contribution is -0.140. The number of primary amides is 1. The second-order valence-electron chi connectivity index (χ2n) is 3.64. The van der Waals surface area contributed by atoms with E-state index < -0.39 is 30.2 Å². The number of nitrogens with two attached hydrogens (primary N) is 1. The maximum absolute atomic E-state index is 11.9. The summed E-state index contributed by atoms with van der Waals surface area (Å²) in [6.45, 7) is 0. The van der Waals surface area contributed by atoms with E-state index in [1.807, 2.05) is 0 Å². The first-order valence-electron chi connectivity index (χ1n) is 5.09. The number of carboxylic acids is 1. The normalized spacial score (nSPS) is 11.7. The van der Waals surface area contributed by atoms with Gasteiger partial charge in [-0.15, -0.1) is 0 Å². The average Bonchev–Trinajstić information content (AvgIpc) is 2.31. The third-order valence-corrected chi connectivity index (χ3v) is 3.50. The smallest absolute Gasteiger partial charge is 0.326 e. The summed E-state index contributed by atoms with van der Waals surface area (Å²) in [7, 11) is 0. The van der Waals surface area contributed by atoms with Crippen LogP contribution in [0.4, 0.5) is 0 Å². The van der Waals surface area contributed by atoms with Crippen molar-refractivity contribution < 1.29 is 19.5 Å². The van der Waals surface area contributed by atoms with Gasteiger partial charge in [-0.25, -0.2) is 4.79 Å². The minimum atomic E-state index is -1.39. The van der Waals surface area contributed by atoms with E-state index in [-0.39, 0.29) is 10.6 Å². The van der Waals surface area contributed by atoms with Gasteiger partial charge in [0.1, 0.15) is 6.04 Å². The van der Waals surface area contributed by atoms with Crippen molar-refractivity contribution in [2.24, 2.45) is 5.73 Å². The van der Waals surface area contributed by atoms with Gasteiger partial charge in [0, 0.05) is 4.47 Å². The Labute approximate surface area is 122 Å². The highest BCUT2D eigenvalue weighted by Gasteiger charge is 2.23. The third kappa shape index (κ3) is 4.22. The molecule has 1 atom stereocenters. The summed E-state index contributed by atoms with van der Waals surface area (Å²) in [6, 6.07) is 3.26. The van der Waals surface area contributed by atoms with Crippen LogP contribution >= 0.6 is 27.5 Å². The molecule has 1 aromatic carbocycles. The summed E-state index contributed by atoms with van der Waals surface area (Å²) < 4.78 is 0.503. The fourth-order valence-corrected chi connectivity index (χ4v) is 1.89. The number of hydrogen-bond acceptors (Lipinski definition) is 3. The van der Waals surface area contributed by atoms with Gasteiger partial charge in [0.25, 0.3) is 5.91 Å². The average molecular weight is 350 g/mol. The molecule has 0 aliphatic heterocycles. The Morgan fingerprint density at radius 3 is 2.58 bits per heavy atom. The van der Waals surface area contributed by atoms with Gasteiger partial charge < -0.3 is 16.2 Å². The predicted molar refractivity (Wildman–Crippen MR) is 71.9 cm³/mol. The first-order chi connectivity index (χ1) is 8.82. The number of carbonyl (C=O) groups is 3. The number of carbonyl (C=O) groups excluding carboxylic acids is 2. The lowest BCUT2D eigenvalue weighted by atomic mass is 10.1. The molecule has 0 radical (unpaired) electrons. The van der Waals surface area contributed by atoms with Gasteiger partial charge in [0.2, 0.25) is 5.91 Å². The van der Waals surface area contributed by atoms with Crippen molar-refractivity contribution in [1.29, 1.82) is 0 Å². The van der Waals surface area contributed by atoms with Gasteiger partial charge >= 0.3 is 5.97 Å². The molecular formula is C11H10BrClN2O4. The Morgan fingerprint density at radius 2 is 2.05 bits per heavy atom. The molecule has 8 heteroatoms. The summed E-state index contributed by atoms with van der Waals surface area (Å²) in [5.41, 5.74) is 5.02. The SMILES string of the molecule is NC(=O)CC(NC(=O)c1cccc(Br)c1Cl)C(=O)O. The Balaban J connectivity index is 2.91. The standard InChI is InChI=1S/C11H10BrClN2O4/c12-6-3-1-2-5(9(6)13)10(17)15-7(11(18)19)4-8(14)16/h1-3,7H,4H2,(H2,14,16)(H,15,17)(H,18,19). The summed E-state index contributed by atoms with van der Waals surface area (Å²) in [5.74, 6) is -2.87. The van der Waals surface area contributed by atoms with Crippen LogP contribution in [-0.4, -0.2) is 28.9 Å². The Hall–Kier alpha value is -1.60. The molecule has 0 bridgehead atoms. The summed E-state index contributed by atoms with van der Waals surface area (Å²) in [4.78, 5) is 33.5. The molecule has 0 saturated carbocycles. The second kappa shape index (κ2) is 6.53. The molecule has 19 heavy (non-hydrogen) atoms. The van der Waals surface area contributed by atoms with E-state index in [0.717, 1.165) is 0 Å². The first kappa shape index (κ1) is 15.5. The Bertz CT molecular complexity index is 535. The van der Waals surface area contributed by atoms with Crippen LogP contribution in [0.15, 0.2) is 22.7 Å². The minimum Gasteiger partial charge on any atom is -0.480 e. The summed E-state index contributed by atoms with van der Waals surface area (Å²) in [5, 5.41) is 11.2. The minimum absolute atomic E-state index is 0.103. The number of benzene rings is 1. The number of rotatable bonds is 5. The molecule has 0 saturated heterocycles. The van der Waals surface area contributed by atoms with Crippen LogP contribution in [0.1, 0.15) is 16.8 Å². The van der Waals surface area contributed by atoms with Crippen molar-refractivity contribution in [1.82, 2.24) is 5.32 Å². The zero-order chi connectivity index (χ0) is 14.6. The molecule has 0 fully saturated rings. The van der Waals surface area contributed by atoms with Crippen LogP contribution in [0.5, 0.6) is 0 Å². The first-order valence-corrected chi connectivity index (χ1v) is 6.26. The van der Waals surface area contributed by atoms with Crippen molar-refractivity contribution >= 4 is 45.3 Å². The van der Waals surface area contributed by atoms with Crippen molar-refractivity contribution in [3.05, 3.63) is 33.3 Å². The fraction of sp³-hybridized carbons (Fsp3) is 0.182. The number of carboxylic acid groups (broad SMARTS) is 1. The molecule has 6 nitrogen and oxygen atoms in total. The zero-order valence-electron chi connectivity index (χ0n) is 9.52. The largest absolute Gasteiger partial charge is 0.480 e. The second-order valence-corrected chi connectivity index (χ2v) is 4.87. The van der Waals surface area contributed by atoms with Gasteiger partial charge in [-0.3, -0.25) is 9.59 Å². The molecule has 1 unspecified atom stereocenters. The van der Waals surface area contributed by atoms with Gasteiger partial charge in [0.05, 0.1) is 17.0 Å². The van der Waals surface area contributed by atoms with E-state index in [9.17, 15) is 14.4 Å². The van der Waals surface area contributed by atoms with Crippen LogP contribution < -0.4 is 11.1 Å². The van der Waals surface area contributed by atoms with Gasteiger partial charge in [0.15, 0.2) is 0 Å². The Morgan fingerprint density at radius 1 is 1.42 bits per heavy atom. The van der Waals surface area contributed by atoms with E-state index >= 15 is 0 Å². The number of nitrogens with one attached hydrogen (secondary N) is 1. The summed E-state index contributed by atoms with van der Waals surface area (Å²) >= 11 is 9.06. The van der Waals surface area contributed by atoms with Crippen LogP contribution in [0, 0.1) is 0 Å². The Kier molecular flexibility index (Phi) is 5.31. The topological polar surface area (TPSA) is 109 Å². The zero-order valence-corrected chi connectivity index (χ0v) is 11.9. The molecule has 0 aliphatic rings. The van der Waals surface area contributed by atoms with Crippen LogP contribution in [0.2, 0.25) is 5.02 Å². The number of halogens is 2. The highest BCUT2D eigenvalue weighted by Crippen LogP contribution is 2.25. The molecule has 1 rings (SSSR count). The monoisotopic (exact) mass is 348 g/mol. The van der Waals surface area contributed by atoms with Crippen LogP contribution in [0.3, 0.4) is 0 Å². The number of hydrogen-bond donors (Lipinski definition) is 3. The van der Waals surface area contributed by atoms with Crippen molar-refractivity contribution in [2.75, 3.05) is 0 Å². The molecule has 0 spiro atoms. The quantitative estimate of drug-likeness (QED) is 0.741. The van der Waals surface area contributed by atoms with E-state index in [2.05, 4.69) is 21.2 Å². The van der Waals surface area contributed by atoms with E-state index in [1.165, 1.54) is 6.07 Å². The summed E-state index contributed by atoms with van der Waals surface area (Å²) in [6.07, 6.45) is -0.493. The van der Waals surface area contributed by atoms with Gasteiger partial charge in [-0.05, 0) is 28.1 Å².